The number of hydrogen-bond donors (Lipinski definition) is 3. The molecule has 1 saturated heterocycles. The number of carbonyl (C=O) groups excluding carboxylic acids is 1. The Labute approximate surface area is 147 Å². The molecule has 5 nitrogen and oxygen atoms in total. The standard InChI is InChI=1S/C19H36N2O3/c1-2-3-4-5-6-7-8-9-10-11-12-13-18(22)21-16-14-17(19(23)24)20-15-16/h16-17,20H,2-15H2,1H3,(H,21,22)(H,23,24)/t16-,17+/m0/s1. The Balaban J connectivity index is 1.87. The van der Waals surface area contributed by atoms with Crippen molar-refractivity contribution in [1.29, 1.82) is 0 Å². The van der Waals surface area contributed by atoms with E-state index in [9.17, 15) is 9.59 Å². The van der Waals surface area contributed by atoms with E-state index in [-0.39, 0.29) is 11.9 Å². The number of nitrogens with one attached hydrogen (secondary N) is 2. The van der Waals surface area contributed by atoms with Crippen LogP contribution in [0, 0.1) is 0 Å². The third-order valence-electron chi connectivity index (χ3n) is 4.80. The summed E-state index contributed by atoms with van der Waals surface area (Å²) in [7, 11) is 0. The molecule has 0 bridgehead atoms. The van der Waals surface area contributed by atoms with Gasteiger partial charge in [-0.25, -0.2) is 0 Å². The van der Waals surface area contributed by atoms with Crippen LogP contribution >= 0.6 is 0 Å². The molecule has 1 rings (SSSR count). The van der Waals surface area contributed by atoms with Crippen molar-refractivity contribution in [2.75, 3.05) is 6.54 Å². The molecule has 1 aliphatic rings. The quantitative estimate of drug-likeness (QED) is 0.422. The van der Waals surface area contributed by atoms with Gasteiger partial charge in [-0.3, -0.25) is 9.59 Å². The lowest BCUT2D eigenvalue weighted by Gasteiger charge is -2.11. The molecule has 0 aliphatic carbocycles. The molecule has 1 aliphatic heterocycles. The van der Waals surface area contributed by atoms with Crippen molar-refractivity contribution in [2.24, 2.45) is 0 Å². The first-order chi connectivity index (χ1) is 11.6. The van der Waals surface area contributed by atoms with Gasteiger partial charge in [0.25, 0.3) is 0 Å². The van der Waals surface area contributed by atoms with Crippen LogP contribution in [-0.4, -0.2) is 35.6 Å². The van der Waals surface area contributed by atoms with Crippen molar-refractivity contribution in [3.8, 4) is 0 Å². The maximum absolute atomic E-state index is 11.8. The Morgan fingerprint density at radius 3 is 2.00 bits per heavy atom. The van der Waals surface area contributed by atoms with Gasteiger partial charge in [-0.05, 0) is 12.8 Å². The Bertz CT molecular complexity index is 361. The number of carboxylic acids is 1. The second-order valence-electron chi connectivity index (χ2n) is 7.08. The molecular weight excluding hydrogens is 304 g/mol. The van der Waals surface area contributed by atoms with Crippen molar-refractivity contribution < 1.29 is 14.7 Å². The molecule has 0 unspecified atom stereocenters. The van der Waals surface area contributed by atoms with Gasteiger partial charge in [0.2, 0.25) is 5.91 Å². The first-order valence-corrected chi connectivity index (χ1v) is 9.89. The molecule has 0 saturated carbocycles. The second-order valence-corrected chi connectivity index (χ2v) is 7.08. The minimum absolute atomic E-state index is 0.0358. The summed E-state index contributed by atoms with van der Waals surface area (Å²) in [5.74, 6) is -0.777. The summed E-state index contributed by atoms with van der Waals surface area (Å²) >= 11 is 0. The van der Waals surface area contributed by atoms with Crippen LogP contribution in [0.1, 0.15) is 90.4 Å². The van der Waals surface area contributed by atoms with E-state index in [1.165, 1.54) is 57.8 Å². The molecule has 0 spiro atoms. The Morgan fingerprint density at radius 1 is 0.958 bits per heavy atom. The third-order valence-corrected chi connectivity index (χ3v) is 4.80. The lowest BCUT2D eigenvalue weighted by molar-refractivity contribution is -0.139. The maximum atomic E-state index is 11.8. The van der Waals surface area contributed by atoms with E-state index < -0.39 is 12.0 Å². The van der Waals surface area contributed by atoms with Gasteiger partial charge in [-0.1, -0.05) is 71.1 Å². The van der Waals surface area contributed by atoms with Crippen molar-refractivity contribution >= 4 is 11.9 Å². The molecule has 140 valence electrons. The number of aliphatic carboxylic acids is 1. The highest BCUT2D eigenvalue weighted by atomic mass is 16.4. The van der Waals surface area contributed by atoms with Crippen molar-refractivity contribution in [1.82, 2.24) is 10.6 Å². The molecule has 0 radical (unpaired) electrons. The normalized spacial score (nSPS) is 20.2. The lowest BCUT2D eigenvalue weighted by atomic mass is 10.1. The number of rotatable bonds is 14. The summed E-state index contributed by atoms with van der Waals surface area (Å²) < 4.78 is 0. The zero-order chi connectivity index (χ0) is 17.6. The van der Waals surface area contributed by atoms with Gasteiger partial charge in [0.15, 0.2) is 0 Å². The highest BCUT2D eigenvalue weighted by Gasteiger charge is 2.29. The minimum atomic E-state index is -0.836. The highest BCUT2D eigenvalue weighted by Crippen LogP contribution is 2.12. The SMILES string of the molecule is CCCCCCCCCCCCCC(=O)N[C@@H]1CN[C@@H](C(=O)O)C1. The van der Waals surface area contributed by atoms with Gasteiger partial charge in [-0.2, -0.15) is 0 Å². The topological polar surface area (TPSA) is 78.4 Å². The van der Waals surface area contributed by atoms with Gasteiger partial charge >= 0.3 is 5.97 Å². The minimum Gasteiger partial charge on any atom is -0.480 e. The summed E-state index contributed by atoms with van der Waals surface area (Å²) in [5, 5.41) is 14.7. The van der Waals surface area contributed by atoms with Gasteiger partial charge < -0.3 is 15.7 Å². The lowest BCUT2D eigenvalue weighted by Crippen LogP contribution is -2.35. The summed E-state index contributed by atoms with van der Waals surface area (Å²) in [5.41, 5.74) is 0. The fourth-order valence-corrected chi connectivity index (χ4v) is 3.28. The van der Waals surface area contributed by atoms with Crippen molar-refractivity contribution in [2.45, 2.75) is 102 Å². The van der Waals surface area contributed by atoms with Crippen LogP contribution in [0.25, 0.3) is 0 Å². The van der Waals surface area contributed by atoms with Crippen LogP contribution in [-0.2, 0) is 9.59 Å². The van der Waals surface area contributed by atoms with Crippen LogP contribution in [0.2, 0.25) is 0 Å². The van der Waals surface area contributed by atoms with E-state index >= 15 is 0 Å². The average molecular weight is 341 g/mol. The van der Waals surface area contributed by atoms with E-state index in [0.29, 0.717) is 19.4 Å². The summed E-state index contributed by atoms with van der Waals surface area (Å²) in [6.07, 6.45) is 15.1. The van der Waals surface area contributed by atoms with E-state index in [1.54, 1.807) is 0 Å². The summed E-state index contributed by atoms with van der Waals surface area (Å²) in [6.45, 7) is 2.80. The molecule has 24 heavy (non-hydrogen) atoms. The number of carbonyl (C=O) groups is 2. The molecule has 5 heteroatoms. The number of unbranched alkanes of at least 4 members (excludes halogenated alkanes) is 10. The monoisotopic (exact) mass is 340 g/mol. The molecular formula is C19H36N2O3. The largest absolute Gasteiger partial charge is 0.480 e. The fourth-order valence-electron chi connectivity index (χ4n) is 3.28. The molecule has 1 heterocycles. The smallest absolute Gasteiger partial charge is 0.320 e. The zero-order valence-corrected chi connectivity index (χ0v) is 15.3. The molecule has 0 aromatic carbocycles. The fraction of sp³-hybridized carbons (Fsp3) is 0.895. The Morgan fingerprint density at radius 2 is 1.50 bits per heavy atom. The first kappa shape index (κ1) is 20.9. The van der Waals surface area contributed by atoms with Gasteiger partial charge in [0, 0.05) is 19.0 Å². The van der Waals surface area contributed by atoms with E-state index in [0.717, 1.165) is 12.8 Å². The molecule has 0 aromatic heterocycles. The van der Waals surface area contributed by atoms with Gasteiger partial charge in [-0.15, -0.1) is 0 Å². The summed E-state index contributed by atoms with van der Waals surface area (Å²) in [4.78, 5) is 22.7. The maximum Gasteiger partial charge on any atom is 0.320 e. The van der Waals surface area contributed by atoms with Crippen LogP contribution in [0.4, 0.5) is 0 Å². The van der Waals surface area contributed by atoms with Crippen LogP contribution in [0.3, 0.4) is 0 Å². The first-order valence-electron chi connectivity index (χ1n) is 9.89. The van der Waals surface area contributed by atoms with E-state index in [2.05, 4.69) is 17.6 Å². The predicted molar refractivity (Wildman–Crippen MR) is 97.1 cm³/mol. The van der Waals surface area contributed by atoms with E-state index in [1.807, 2.05) is 0 Å². The Hall–Kier alpha value is -1.10. The number of carboxylic acid groups (broad SMARTS) is 1. The van der Waals surface area contributed by atoms with Crippen LogP contribution in [0.15, 0.2) is 0 Å². The van der Waals surface area contributed by atoms with Gasteiger partial charge in [0.05, 0.1) is 0 Å². The summed E-state index contributed by atoms with van der Waals surface area (Å²) in [6, 6.07) is -0.552. The van der Waals surface area contributed by atoms with Crippen LogP contribution in [0.5, 0.6) is 0 Å². The molecule has 0 aromatic rings. The second kappa shape index (κ2) is 13.2. The number of amides is 1. The zero-order valence-electron chi connectivity index (χ0n) is 15.3. The van der Waals surface area contributed by atoms with E-state index in [4.69, 9.17) is 5.11 Å². The Kier molecular flexibility index (Phi) is 11.5. The van der Waals surface area contributed by atoms with Crippen molar-refractivity contribution in [3.63, 3.8) is 0 Å². The third kappa shape index (κ3) is 9.91. The van der Waals surface area contributed by atoms with Crippen LogP contribution < -0.4 is 10.6 Å². The van der Waals surface area contributed by atoms with Crippen molar-refractivity contribution in [3.05, 3.63) is 0 Å². The van der Waals surface area contributed by atoms with Gasteiger partial charge in [0.1, 0.15) is 6.04 Å². The molecule has 2 atom stereocenters. The average Bonchev–Trinajstić information content (AvgIpc) is 3.01. The highest BCUT2D eigenvalue weighted by molar-refractivity contribution is 5.77. The molecule has 1 fully saturated rings. The molecule has 3 N–H and O–H groups in total. The number of hydrogen-bond acceptors (Lipinski definition) is 3. The predicted octanol–water partition coefficient (Wildman–Crippen LogP) is 3.62. The molecule has 1 amide bonds.